The molecule has 0 unspecified atom stereocenters. The number of hydrogen-bond acceptors (Lipinski definition) is 3. The first-order valence-electron chi connectivity index (χ1n) is 8.43. The van der Waals surface area contributed by atoms with E-state index in [-0.39, 0.29) is 5.91 Å². The number of aromatic nitrogens is 1. The minimum atomic E-state index is 0.139. The molecule has 1 aromatic heterocycles. The van der Waals surface area contributed by atoms with Gasteiger partial charge in [-0.3, -0.25) is 9.78 Å². The van der Waals surface area contributed by atoms with E-state index in [0.29, 0.717) is 17.9 Å². The van der Waals surface area contributed by atoms with Crippen LogP contribution in [0.1, 0.15) is 29.6 Å². The predicted octanol–water partition coefficient (Wildman–Crippen LogP) is 3.12. The van der Waals surface area contributed by atoms with Crippen LogP contribution in [-0.4, -0.2) is 42.1 Å². The Morgan fingerprint density at radius 2 is 2.17 bits per heavy atom. The molecule has 0 spiro atoms. The van der Waals surface area contributed by atoms with E-state index in [2.05, 4.69) is 4.98 Å². The Hall–Kier alpha value is -1.94. The Kier molecular flexibility index (Phi) is 3.77. The standard InChI is InChI=1S/C19H22N2O2/c1-23-18-6-2-4-15-11-21(12-16(15)18)19(22)14-7-8-17-13(10-14)5-3-9-20-17/h3,5,7-10,15-16,18H,2,4,6,11-12H2,1H3/t15-,16+,18-/m1/s1. The first-order valence-corrected chi connectivity index (χ1v) is 8.43. The molecule has 3 atom stereocenters. The van der Waals surface area contributed by atoms with Crippen molar-refractivity contribution in [1.29, 1.82) is 0 Å². The Morgan fingerprint density at radius 3 is 3.04 bits per heavy atom. The number of pyridine rings is 1. The monoisotopic (exact) mass is 310 g/mol. The zero-order valence-electron chi connectivity index (χ0n) is 13.4. The fraction of sp³-hybridized carbons (Fsp3) is 0.474. The molecule has 1 saturated heterocycles. The van der Waals surface area contributed by atoms with Crippen molar-refractivity contribution < 1.29 is 9.53 Å². The summed E-state index contributed by atoms with van der Waals surface area (Å²) in [5.74, 6) is 1.24. The SMILES string of the molecule is CO[C@@H]1CCC[C@@H]2CN(C(=O)c3ccc4ncccc4c3)C[C@@H]21. The van der Waals surface area contributed by atoms with Gasteiger partial charge in [0.2, 0.25) is 0 Å². The van der Waals surface area contributed by atoms with Crippen LogP contribution in [0.5, 0.6) is 0 Å². The fourth-order valence-corrected chi connectivity index (χ4v) is 4.27. The summed E-state index contributed by atoms with van der Waals surface area (Å²) in [6.07, 6.45) is 5.65. The fourth-order valence-electron chi connectivity index (χ4n) is 4.27. The molecule has 1 aliphatic carbocycles. The number of nitrogens with zero attached hydrogens (tertiary/aromatic N) is 2. The van der Waals surface area contributed by atoms with Gasteiger partial charge in [-0.25, -0.2) is 0 Å². The van der Waals surface area contributed by atoms with Gasteiger partial charge in [-0.1, -0.05) is 12.5 Å². The highest BCUT2D eigenvalue weighted by atomic mass is 16.5. The lowest BCUT2D eigenvalue weighted by Crippen LogP contribution is -2.33. The van der Waals surface area contributed by atoms with Crippen molar-refractivity contribution in [1.82, 2.24) is 9.88 Å². The van der Waals surface area contributed by atoms with Gasteiger partial charge in [-0.2, -0.15) is 0 Å². The molecule has 1 saturated carbocycles. The van der Waals surface area contributed by atoms with Gasteiger partial charge in [0.1, 0.15) is 0 Å². The first kappa shape index (κ1) is 14.6. The van der Waals surface area contributed by atoms with E-state index in [1.54, 1.807) is 13.3 Å². The average molecular weight is 310 g/mol. The van der Waals surface area contributed by atoms with Gasteiger partial charge in [0, 0.05) is 43.3 Å². The van der Waals surface area contributed by atoms with E-state index >= 15 is 0 Å². The lowest BCUT2D eigenvalue weighted by molar-refractivity contribution is 0.0126. The third kappa shape index (κ3) is 2.61. The molecular formula is C19H22N2O2. The highest BCUT2D eigenvalue weighted by molar-refractivity contribution is 5.98. The lowest BCUT2D eigenvalue weighted by atomic mass is 9.79. The van der Waals surface area contributed by atoms with Crippen LogP contribution < -0.4 is 0 Å². The number of likely N-dealkylation sites (tertiary alicyclic amines) is 1. The van der Waals surface area contributed by atoms with Crippen LogP contribution >= 0.6 is 0 Å². The molecule has 4 rings (SSSR count). The van der Waals surface area contributed by atoms with E-state index in [4.69, 9.17) is 4.74 Å². The third-order valence-corrected chi connectivity index (χ3v) is 5.47. The van der Waals surface area contributed by atoms with Gasteiger partial charge in [-0.05, 0) is 43.0 Å². The number of amides is 1. The van der Waals surface area contributed by atoms with Crippen LogP contribution in [0.15, 0.2) is 36.5 Å². The minimum Gasteiger partial charge on any atom is -0.381 e. The Morgan fingerprint density at radius 1 is 1.26 bits per heavy atom. The summed E-state index contributed by atoms with van der Waals surface area (Å²) < 4.78 is 5.65. The Bertz CT molecular complexity index is 730. The van der Waals surface area contributed by atoms with Crippen molar-refractivity contribution >= 4 is 16.8 Å². The molecule has 2 aliphatic rings. The maximum absolute atomic E-state index is 12.9. The average Bonchev–Trinajstić information content (AvgIpc) is 3.04. The van der Waals surface area contributed by atoms with Crippen LogP contribution in [-0.2, 0) is 4.74 Å². The van der Waals surface area contributed by atoms with E-state index in [1.807, 2.05) is 35.2 Å². The molecule has 0 bridgehead atoms. The summed E-state index contributed by atoms with van der Waals surface area (Å²) in [6, 6.07) is 9.70. The van der Waals surface area contributed by atoms with E-state index in [9.17, 15) is 4.79 Å². The van der Waals surface area contributed by atoms with Crippen molar-refractivity contribution in [2.24, 2.45) is 11.8 Å². The predicted molar refractivity (Wildman–Crippen MR) is 89.3 cm³/mol. The summed E-state index contributed by atoms with van der Waals surface area (Å²) in [7, 11) is 1.80. The van der Waals surface area contributed by atoms with Crippen LogP contribution in [0.2, 0.25) is 0 Å². The van der Waals surface area contributed by atoms with Crippen molar-refractivity contribution in [3.05, 3.63) is 42.1 Å². The van der Waals surface area contributed by atoms with Crippen LogP contribution in [0.3, 0.4) is 0 Å². The molecule has 1 aromatic carbocycles. The molecule has 2 heterocycles. The molecule has 2 fully saturated rings. The van der Waals surface area contributed by atoms with Gasteiger partial charge in [0.15, 0.2) is 0 Å². The maximum atomic E-state index is 12.9. The summed E-state index contributed by atoms with van der Waals surface area (Å²) in [5.41, 5.74) is 1.69. The molecule has 1 amide bonds. The second kappa shape index (κ2) is 5.93. The second-order valence-electron chi connectivity index (χ2n) is 6.75. The molecular weight excluding hydrogens is 288 g/mol. The van der Waals surface area contributed by atoms with Gasteiger partial charge in [0.05, 0.1) is 11.6 Å². The molecule has 120 valence electrons. The molecule has 1 aliphatic heterocycles. The Balaban J connectivity index is 1.56. The van der Waals surface area contributed by atoms with Gasteiger partial charge in [0.25, 0.3) is 5.91 Å². The van der Waals surface area contributed by atoms with Gasteiger partial charge in [-0.15, -0.1) is 0 Å². The summed E-state index contributed by atoms with van der Waals surface area (Å²) in [6.45, 7) is 1.70. The molecule has 0 radical (unpaired) electrons. The smallest absolute Gasteiger partial charge is 0.253 e. The number of rotatable bonds is 2. The number of ether oxygens (including phenoxy) is 1. The number of hydrogen-bond donors (Lipinski definition) is 0. The number of fused-ring (bicyclic) bond motifs is 2. The number of methoxy groups -OCH3 is 1. The van der Waals surface area contributed by atoms with Gasteiger partial charge < -0.3 is 9.64 Å². The molecule has 23 heavy (non-hydrogen) atoms. The van der Waals surface area contributed by atoms with Crippen molar-refractivity contribution in [3.63, 3.8) is 0 Å². The van der Waals surface area contributed by atoms with Crippen LogP contribution in [0.25, 0.3) is 10.9 Å². The second-order valence-corrected chi connectivity index (χ2v) is 6.75. The normalized spacial score (nSPS) is 27.2. The van der Waals surface area contributed by atoms with Gasteiger partial charge >= 0.3 is 0 Å². The van der Waals surface area contributed by atoms with E-state index in [0.717, 1.165) is 36.0 Å². The highest BCUT2D eigenvalue weighted by Gasteiger charge is 2.42. The summed E-state index contributed by atoms with van der Waals surface area (Å²) in [5, 5.41) is 1.02. The van der Waals surface area contributed by atoms with Crippen LogP contribution in [0.4, 0.5) is 0 Å². The minimum absolute atomic E-state index is 0.139. The zero-order valence-corrected chi connectivity index (χ0v) is 13.4. The van der Waals surface area contributed by atoms with E-state index < -0.39 is 0 Å². The Labute approximate surface area is 136 Å². The number of benzene rings is 1. The quantitative estimate of drug-likeness (QED) is 0.856. The van der Waals surface area contributed by atoms with Crippen molar-refractivity contribution in [2.45, 2.75) is 25.4 Å². The van der Waals surface area contributed by atoms with Crippen LogP contribution in [0, 0.1) is 11.8 Å². The number of carbonyl (C=O) groups excluding carboxylic acids is 1. The van der Waals surface area contributed by atoms with Crippen molar-refractivity contribution in [2.75, 3.05) is 20.2 Å². The topological polar surface area (TPSA) is 42.4 Å². The summed E-state index contributed by atoms with van der Waals surface area (Å²) in [4.78, 5) is 19.2. The largest absolute Gasteiger partial charge is 0.381 e. The first-order chi connectivity index (χ1) is 11.3. The lowest BCUT2D eigenvalue weighted by Gasteiger charge is -2.31. The zero-order chi connectivity index (χ0) is 15.8. The molecule has 0 N–H and O–H groups in total. The van der Waals surface area contributed by atoms with Crippen molar-refractivity contribution in [3.8, 4) is 0 Å². The summed E-state index contributed by atoms with van der Waals surface area (Å²) >= 11 is 0. The maximum Gasteiger partial charge on any atom is 0.253 e. The van der Waals surface area contributed by atoms with E-state index in [1.165, 1.54) is 12.8 Å². The molecule has 4 heteroatoms. The molecule has 2 aromatic rings. The highest BCUT2D eigenvalue weighted by Crippen LogP contribution is 2.38. The third-order valence-electron chi connectivity index (χ3n) is 5.47. The number of carbonyl (C=O) groups is 1. The molecule has 4 nitrogen and oxygen atoms in total.